The van der Waals surface area contributed by atoms with Crippen LogP contribution in [0.25, 0.3) is 0 Å². The molecule has 1 atom stereocenters. The summed E-state index contributed by atoms with van der Waals surface area (Å²) >= 11 is 0. The summed E-state index contributed by atoms with van der Waals surface area (Å²) in [6, 6.07) is 8.75. The number of benzene rings is 1. The lowest BCUT2D eigenvalue weighted by molar-refractivity contribution is -0.384. The van der Waals surface area contributed by atoms with Crippen LogP contribution in [0.1, 0.15) is 29.1 Å². The molecular weight excluding hydrogens is 248 g/mol. The van der Waals surface area contributed by atoms with Gasteiger partial charge in [0.25, 0.3) is 11.6 Å². The van der Waals surface area contributed by atoms with Crippen molar-refractivity contribution in [3.05, 3.63) is 64.1 Å². The highest BCUT2D eigenvalue weighted by Gasteiger charge is 2.15. The fourth-order valence-corrected chi connectivity index (χ4v) is 1.65. The number of hydrogen-bond donors (Lipinski definition) is 1. The molecule has 1 amide bonds. The van der Waals surface area contributed by atoms with Crippen LogP contribution in [0, 0.1) is 10.1 Å². The number of hydrogen-bond acceptors (Lipinski definition) is 4. The third-order valence-electron chi connectivity index (χ3n) is 2.64. The second kappa shape index (κ2) is 5.34. The lowest BCUT2D eigenvalue weighted by Crippen LogP contribution is -2.26. The first-order valence-electron chi connectivity index (χ1n) is 5.66. The van der Waals surface area contributed by atoms with Crippen molar-refractivity contribution in [1.29, 1.82) is 0 Å². The van der Waals surface area contributed by atoms with Crippen molar-refractivity contribution in [2.75, 3.05) is 0 Å². The number of nitrogens with zero attached hydrogens (tertiary/aromatic N) is 1. The number of rotatable bonds is 4. The van der Waals surface area contributed by atoms with Crippen LogP contribution in [-0.4, -0.2) is 10.8 Å². The zero-order valence-corrected chi connectivity index (χ0v) is 10.2. The van der Waals surface area contributed by atoms with Crippen molar-refractivity contribution in [2.45, 2.75) is 13.0 Å². The van der Waals surface area contributed by atoms with Crippen LogP contribution in [-0.2, 0) is 0 Å². The Morgan fingerprint density at radius 2 is 2.16 bits per heavy atom. The molecule has 1 heterocycles. The van der Waals surface area contributed by atoms with Gasteiger partial charge in [-0.2, -0.15) is 0 Å². The molecule has 0 spiro atoms. The maximum absolute atomic E-state index is 11.9. The van der Waals surface area contributed by atoms with E-state index in [-0.39, 0.29) is 23.2 Å². The normalized spacial score (nSPS) is 11.8. The quantitative estimate of drug-likeness (QED) is 0.676. The van der Waals surface area contributed by atoms with Crippen molar-refractivity contribution in [3.63, 3.8) is 0 Å². The van der Waals surface area contributed by atoms with Crippen LogP contribution in [0.4, 0.5) is 5.69 Å². The van der Waals surface area contributed by atoms with Gasteiger partial charge in [-0.1, -0.05) is 6.07 Å². The van der Waals surface area contributed by atoms with E-state index in [1.165, 1.54) is 30.5 Å². The van der Waals surface area contributed by atoms with Gasteiger partial charge in [-0.3, -0.25) is 14.9 Å². The minimum Gasteiger partial charge on any atom is -0.467 e. The van der Waals surface area contributed by atoms with E-state index >= 15 is 0 Å². The number of nitro benzene ring substituents is 1. The highest BCUT2D eigenvalue weighted by Crippen LogP contribution is 2.16. The van der Waals surface area contributed by atoms with E-state index in [4.69, 9.17) is 4.42 Å². The maximum Gasteiger partial charge on any atom is 0.270 e. The van der Waals surface area contributed by atoms with Crippen molar-refractivity contribution >= 4 is 11.6 Å². The molecule has 1 N–H and O–H groups in total. The Hall–Kier alpha value is -2.63. The van der Waals surface area contributed by atoms with E-state index < -0.39 is 4.92 Å². The number of carbonyl (C=O) groups excluding carboxylic acids is 1. The molecular formula is C13H12N2O4. The van der Waals surface area contributed by atoms with Crippen LogP contribution in [0.2, 0.25) is 0 Å². The number of furan rings is 1. The molecule has 0 aliphatic rings. The smallest absolute Gasteiger partial charge is 0.270 e. The van der Waals surface area contributed by atoms with Gasteiger partial charge in [0, 0.05) is 17.7 Å². The van der Waals surface area contributed by atoms with E-state index in [1.807, 2.05) is 0 Å². The second-order valence-corrected chi connectivity index (χ2v) is 4.02. The summed E-state index contributed by atoms with van der Waals surface area (Å²) in [7, 11) is 0. The molecule has 0 bridgehead atoms. The summed E-state index contributed by atoms with van der Waals surface area (Å²) in [4.78, 5) is 22.1. The number of nitrogens with one attached hydrogen (secondary N) is 1. The Balaban J connectivity index is 2.12. The molecule has 0 aliphatic carbocycles. The predicted octanol–water partition coefficient (Wildman–Crippen LogP) is 2.68. The molecule has 2 aromatic rings. The molecule has 0 saturated carbocycles. The lowest BCUT2D eigenvalue weighted by Gasteiger charge is -2.11. The van der Waals surface area contributed by atoms with Crippen molar-refractivity contribution in [1.82, 2.24) is 5.32 Å². The third kappa shape index (κ3) is 2.98. The summed E-state index contributed by atoms with van der Waals surface area (Å²) in [5, 5.41) is 13.4. The first kappa shape index (κ1) is 12.8. The van der Waals surface area contributed by atoms with E-state index in [2.05, 4.69) is 5.32 Å². The molecule has 0 saturated heterocycles. The van der Waals surface area contributed by atoms with E-state index in [0.717, 1.165) is 0 Å². The van der Waals surface area contributed by atoms with Gasteiger partial charge >= 0.3 is 0 Å². The molecule has 0 radical (unpaired) electrons. The average molecular weight is 260 g/mol. The highest BCUT2D eigenvalue weighted by molar-refractivity contribution is 5.95. The van der Waals surface area contributed by atoms with Crippen molar-refractivity contribution in [3.8, 4) is 0 Å². The summed E-state index contributed by atoms with van der Waals surface area (Å²) < 4.78 is 5.17. The van der Waals surface area contributed by atoms with Gasteiger partial charge in [-0.15, -0.1) is 0 Å². The van der Waals surface area contributed by atoms with E-state index in [9.17, 15) is 14.9 Å². The molecule has 1 aromatic heterocycles. The zero-order valence-electron chi connectivity index (χ0n) is 10.2. The summed E-state index contributed by atoms with van der Waals surface area (Å²) in [6.07, 6.45) is 1.52. The van der Waals surface area contributed by atoms with E-state index in [0.29, 0.717) is 5.76 Å². The molecule has 19 heavy (non-hydrogen) atoms. The molecule has 6 nitrogen and oxygen atoms in total. The minimum atomic E-state index is -0.535. The third-order valence-corrected chi connectivity index (χ3v) is 2.64. The molecule has 0 unspecified atom stereocenters. The summed E-state index contributed by atoms with van der Waals surface area (Å²) in [5.41, 5.74) is 0.130. The van der Waals surface area contributed by atoms with Crippen LogP contribution >= 0.6 is 0 Å². The van der Waals surface area contributed by atoms with Crippen LogP contribution < -0.4 is 5.32 Å². The van der Waals surface area contributed by atoms with Crippen LogP contribution in [0.5, 0.6) is 0 Å². The van der Waals surface area contributed by atoms with Crippen molar-refractivity contribution < 1.29 is 14.1 Å². The van der Waals surface area contributed by atoms with Gasteiger partial charge in [0.15, 0.2) is 0 Å². The molecule has 6 heteroatoms. The first-order chi connectivity index (χ1) is 9.08. The Kier molecular flexibility index (Phi) is 3.61. The fourth-order valence-electron chi connectivity index (χ4n) is 1.65. The number of nitro groups is 1. The molecule has 2 rings (SSSR count). The Morgan fingerprint density at radius 3 is 2.79 bits per heavy atom. The van der Waals surface area contributed by atoms with Gasteiger partial charge in [0.05, 0.1) is 17.2 Å². The fraction of sp³-hybridized carbons (Fsp3) is 0.154. The second-order valence-electron chi connectivity index (χ2n) is 4.02. The largest absolute Gasteiger partial charge is 0.467 e. The van der Waals surface area contributed by atoms with Gasteiger partial charge in [-0.25, -0.2) is 0 Å². The Labute approximate surface area is 109 Å². The molecule has 1 aromatic carbocycles. The first-order valence-corrected chi connectivity index (χ1v) is 5.66. The minimum absolute atomic E-state index is 0.113. The van der Waals surface area contributed by atoms with Crippen LogP contribution in [0.3, 0.4) is 0 Å². The topological polar surface area (TPSA) is 85.4 Å². The number of amides is 1. The van der Waals surface area contributed by atoms with Crippen LogP contribution in [0.15, 0.2) is 47.1 Å². The zero-order chi connectivity index (χ0) is 13.8. The monoisotopic (exact) mass is 260 g/mol. The summed E-state index contributed by atoms with van der Waals surface area (Å²) in [6.45, 7) is 1.77. The van der Waals surface area contributed by atoms with Gasteiger partial charge in [0.2, 0.25) is 0 Å². The lowest BCUT2D eigenvalue weighted by atomic mass is 10.1. The average Bonchev–Trinajstić information content (AvgIpc) is 2.92. The standard InChI is InChI=1S/C13H12N2O4/c1-9(12-6-3-7-19-12)14-13(16)10-4-2-5-11(8-10)15(17)18/h2-9H,1H3,(H,14,16)/t9-/m1/s1. The number of non-ortho nitro benzene ring substituents is 1. The Bertz CT molecular complexity index is 592. The Morgan fingerprint density at radius 1 is 1.37 bits per heavy atom. The molecule has 0 fully saturated rings. The van der Waals surface area contributed by atoms with Gasteiger partial charge in [-0.05, 0) is 25.1 Å². The SMILES string of the molecule is C[C@@H](NC(=O)c1cccc([N+](=O)[O-])c1)c1ccco1. The predicted molar refractivity (Wildman–Crippen MR) is 67.7 cm³/mol. The van der Waals surface area contributed by atoms with E-state index in [1.54, 1.807) is 19.1 Å². The number of carbonyl (C=O) groups is 1. The highest BCUT2D eigenvalue weighted by atomic mass is 16.6. The molecule has 0 aliphatic heterocycles. The van der Waals surface area contributed by atoms with Crippen molar-refractivity contribution in [2.24, 2.45) is 0 Å². The molecule has 98 valence electrons. The maximum atomic E-state index is 11.9. The van der Waals surface area contributed by atoms with Gasteiger partial charge < -0.3 is 9.73 Å². The summed E-state index contributed by atoms with van der Waals surface area (Å²) in [5.74, 6) is 0.242. The van der Waals surface area contributed by atoms with Gasteiger partial charge in [0.1, 0.15) is 5.76 Å².